The Morgan fingerprint density at radius 1 is 1.37 bits per heavy atom. The van der Waals surface area contributed by atoms with Gasteiger partial charge in [0.25, 0.3) is 5.91 Å². The number of hydrogen-bond donors (Lipinski definition) is 1. The molecule has 144 valence electrons. The van der Waals surface area contributed by atoms with Crippen LogP contribution >= 0.6 is 0 Å². The highest BCUT2D eigenvalue weighted by molar-refractivity contribution is 5.92. The number of aromatic nitrogens is 1. The summed E-state index contributed by atoms with van der Waals surface area (Å²) in [5.74, 6) is -1.15. The number of benzene rings is 1. The minimum absolute atomic E-state index is 0.0772. The van der Waals surface area contributed by atoms with Gasteiger partial charge in [-0.3, -0.25) is 9.59 Å². The van der Waals surface area contributed by atoms with E-state index in [2.05, 4.69) is 10.3 Å². The zero-order valence-corrected chi connectivity index (χ0v) is 15.2. The monoisotopic (exact) mass is 377 g/mol. The number of nitrogens with one attached hydrogen (secondary N) is 1. The van der Waals surface area contributed by atoms with Crippen molar-refractivity contribution in [1.29, 1.82) is 0 Å². The first kappa shape index (κ1) is 19.0. The molecule has 1 N–H and O–H groups in total. The Kier molecular flexibility index (Phi) is 5.53. The molecule has 0 spiro atoms. The molecule has 2 aromatic rings. The first-order chi connectivity index (χ1) is 12.8. The van der Waals surface area contributed by atoms with Gasteiger partial charge in [0.15, 0.2) is 11.6 Å². The summed E-state index contributed by atoms with van der Waals surface area (Å²) in [6.45, 7) is 4.00. The lowest BCUT2D eigenvalue weighted by Gasteiger charge is -2.25. The molecular weight excluding hydrogens is 356 g/mol. The maximum Gasteiger partial charge on any atom is 0.273 e. The minimum Gasteiger partial charge on any atom is -0.448 e. The maximum absolute atomic E-state index is 13.7. The molecule has 0 unspecified atom stereocenters. The Hall–Kier alpha value is -2.77. The molecule has 1 aliphatic rings. The first-order valence-corrected chi connectivity index (χ1v) is 8.81. The van der Waals surface area contributed by atoms with Crippen molar-refractivity contribution in [2.45, 2.75) is 45.2 Å². The molecule has 0 saturated carbocycles. The van der Waals surface area contributed by atoms with Gasteiger partial charge < -0.3 is 14.6 Å². The number of carbonyl (C=O) groups is 2. The second-order valence-corrected chi connectivity index (χ2v) is 6.68. The fraction of sp³-hybridized carbons (Fsp3) is 0.421. The average Bonchev–Trinajstić information content (AvgIpc) is 3.22. The number of hydrogen-bond acceptors (Lipinski definition) is 4. The number of carbonyl (C=O) groups excluding carboxylic acids is 2. The molecule has 1 aromatic carbocycles. The summed E-state index contributed by atoms with van der Waals surface area (Å²) in [5, 5.41) is 2.87. The maximum atomic E-state index is 13.7. The molecule has 1 aromatic heterocycles. The molecule has 0 aliphatic carbocycles. The third kappa shape index (κ3) is 4.32. The summed E-state index contributed by atoms with van der Waals surface area (Å²) in [5.41, 5.74) is 0.382. The van der Waals surface area contributed by atoms with Crippen LogP contribution < -0.4 is 5.32 Å². The van der Waals surface area contributed by atoms with Gasteiger partial charge in [-0.1, -0.05) is 0 Å². The number of oxazole rings is 1. The predicted molar refractivity (Wildman–Crippen MR) is 93.0 cm³/mol. The van der Waals surface area contributed by atoms with E-state index in [1.807, 2.05) is 6.92 Å². The molecule has 2 atom stereocenters. The van der Waals surface area contributed by atoms with Crippen LogP contribution in [0.2, 0.25) is 0 Å². The second kappa shape index (κ2) is 7.85. The van der Waals surface area contributed by atoms with Gasteiger partial charge in [0.05, 0.1) is 6.04 Å². The molecule has 1 saturated heterocycles. The van der Waals surface area contributed by atoms with Crippen LogP contribution in [0.4, 0.5) is 8.78 Å². The Morgan fingerprint density at radius 3 is 2.85 bits per heavy atom. The van der Waals surface area contributed by atoms with E-state index in [1.165, 1.54) is 6.26 Å². The van der Waals surface area contributed by atoms with E-state index in [9.17, 15) is 18.4 Å². The van der Waals surface area contributed by atoms with E-state index in [1.54, 1.807) is 11.8 Å². The van der Waals surface area contributed by atoms with Crippen molar-refractivity contribution in [3.8, 4) is 0 Å². The van der Waals surface area contributed by atoms with Crippen molar-refractivity contribution in [2.24, 2.45) is 0 Å². The van der Waals surface area contributed by atoms with Crippen molar-refractivity contribution in [2.75, 3.05) is 6.54 Å². The summed E-state index contributed by atoms with van der Waals surface area (Å²) in [6, 6.07) is 2.81. The summed E-state index contributed by atoms with van der Waals surface area (Å²) < 4.78 is 32.0. The molecule has 0 bridgehead atoms. The zero-order chi connectivity index (χ0) is 19.6. The predicted octanol–water partition coefficient (Wildman–Crippen LogP) is 2.61. The molecular formula is C19H21F2N3O3. The topological polar surface area (TPSA) is 75.4 Å². The van der Waals surface area contributed by atoms with E-state index in [0.29, 0.717) is 18.9 Å². The molecule has 27 heavy (non-hydrogen) atoms. The Morgan fingerprint density at radius 2 is 2.15 bits per heavy atom. The highest BCUT2D eigenvalue weighted by Crippen LogP contribution is 2.20. The minimum atomic E-state index is -0.528. The van der Waals surface area contributed by atoms with Crippen molar-refractivity contribution >= 4 is 11.8 Å². The summed E-state index contributed by atoms with van der Waals surface area (Å²) in [6.07, 6.45) is 2.11. The largest absolute Gasteiger partial charge is 0.448 e. The van der Waals surface area contributed by atoms with E-state index in [-0.39, 0.29) is 48.0 Å². The molecule has 0 radical (unpaired) electrons. The van der Waals surface area contributed by atoms with Crippen LogP contribution in [-0.2, 0) is 11.2 Å². The molecule has 2 heterocycles. The molecule has 1 fully saturated rings. The smallest absolute Gasteiger partial charge is 0.273 e. The van der Waals surface area contributed by atoms with Crippen molar-refractivity contribution in [1.82, 2.24) is 15.2 Å². The summed E-state index contributed by atoms with van der Waals surface area (Å²) in [7, 11) is 0. The van der Waals surface area contributed by atoms with Gasteiger partial charge in [0.2, 0.25) is 5.91 Å². The van der Waals surface area contributed by atoms with Gasteiger partial charge in [0, 0.05) is 25.9 Å². The van der Waals surface area contributed by atoms with Crippen LogP contribution in [0.15, 0.2) is 28.9 Å². The van der Waals surface area contributed by atoms with E-state index in [4.69, 9.17) is 4.42 Å². The number of amides is 2. The van der Waals surface area contributed by atoms with E-state index < -0.39 is 11.6 Å². The number of aryl methyl sites for hydroxylation is 2. The van der Waals surface area contributed by atoms with Gasteiger partial charge in [0.1, 0.15) is 17.9 Å². The number of nitrogens with zero attached hydrogens (tertiary/aromatic N) is 2. The van der Waals surface area contributed by atoms with Crippen molar-refractivity contribution < 1.29 is 22.8 Å². The third-order valence-electron chi connectivity index (χ3n) is 4.86. The second-order valence-electron chi connectivity index (χ2n) is 6.68. The number of likely N-dealkylation sites (tertiary alicyclic amines) is 1. The molecule has 6 nitrogen and oxygen atoms in total. The van der Waals surface area contributed by atoms with Crippen LogP contribution in [0.25, 0.3) is 0 Å². The van der Waals surface area contributed by atoms with Crippen LogP contribution in [0.1, 0.15) is 41.7 Å². The van der Waals surface area contributed by atoms with Gasteiger partial charge >= 0.3 is 0 Å². The standard InChI is InChI=1S/C19H21F2N3O3/c1-11-16(23-19(26)17-10-27-12(2)22-17)7-8-24(11)18(25)6-3-13-9-14(20)4-5-15(13)21/h4-5,9-11,16H,3,6-8H2,1-2H3,(H,23,26)/t11-,16-/m1/s1. The highest BCUT2D eigenvalue weighted by atomic mass is 19.1. The van der Waals surface area contributed by atoms with Crippen molar-refractivity contribution in [3.05, 3.63) is 53.2 Å². The average molecular weight is 377 g/mol. The zero-order valence-electron chi connectivity index (χ0n) is 15.2. The van der Waals surface area contributed by atoms with Crippen LogP contribution in [-0.4, -0.2) is 40.3 Å². The van der Waals surface area contributed by atoms with Gasteiger partial charge in [-0.2, -0.15) is 0 Å². The molecule has 1 aliphatic heterocycles. The summed E-state index contributed by atoms with van der Waals surface area (Å²) in [4.78, 5) is 30.3. The lowest BCUT2D eigenvalue weighted by molar-refractivity contribution is -0.131. The van der Waals surface area contributed by atoms with Crippen LogP contribution in [0.3, 0.4) is 0 Å². The fourth-order valence-electron chi connectivity index (χ4n) is 3.31. The Bertz CT molecular complexity index is 852. The van der Waals surface area contributed by atoms with E-state index in [0.717, 1.165) is 18.2 Å². The molecule has 3 rings (SSSR count). The van der Waals surface area contributed by atoms with Crippen LogP contribution in [0, 0.1) is 18.6 Å². The Balaban J connectivity index is 1.55. The van der Waals surface area contributed by atoms with Gasteiger partial charge in [-0.05, 0) is 43.5 Å². The van der Waals surface area contributed by atoms with Gasteiger partial charge in [-0.25, -0.2) is 13.8 Å². The quantitative estimate of drug-likeness (QED) is 0.869. The highest BCUT2D eigenvalue weighted by Gasteiger charge is 2.34. The normalized spacial score (nSPS) is 19.3. The molecule has 2 amide bonds. The lowest BCUT2D eigenvalue weighted by atomic mass is 10.1. The SMILES string of the molecule is Cc1nc(C(=O)N[C@@H]2CCN(C(=O)CCc3cc(F)ccc3F)[C@@H]2C)co1. The number of rotatable bonds is 5. The molecule has 8 heteroatoms. The summed E-state index contributed by atoms with van der Waals surface area (Å²) >= 11 is 0. The lowest BCUT2D eigenvalue weighted by Crippen LogP contribution is -2.45. The first-order valence-electron chi connectivity index (χ1n) is 8.81. The van der Waals surface area contributed by atoms with Gasteiger partial charge in [-0.15, -0.1) is 0 Å². The van der Waals surface area contributed by atoms with Crippen LogP contribution in [0.5, 0.6) is 0 Å². The van der Waals surface area contributed by atoms with E-state index >= 15 is 0 Å². The fourth-order valence-corrected chi connectivity index (χ4v) is 3.31. The number of halogens is 2. The van der Waals surface area contributed by atoms with Crippen molar-refractivity contribution in [3.63, 3.8) is 0 Å². The third-order valence-corrected chi connectivity index (χ3v) is 4.86. The Labute approximate surface area is 155 Å².